The zero-order valence-corrected chi connectivity index (χ0v) is 11.1. The van der Waals surface area contributed by atoms with Gasteiger partial charge in [0.15, 0.2) is 17.4 Å². The maximum Gasteiger partial charge on any atom is 0.225 e. The normalized spacial score (nSPS) is 10.1. The summed E-state index contributed by atoms with van der Waals surface area (Å²) in [5, 5.41) is 8.37. The van der Waals surface area contributed by atoms with Crippen LogP contribution in [0, 0.1) is 34.6 Å². The number of rotatable bonds is 6. The van der Waals surface area contributed by atoms with Crippen molar-refractivity contribution in [1.82, 2.24) is 4.90 Å². The van der Waals surface area contributed by atoms with Gasteiger partial charge in [-0.15, -0.1) is 0 Å². The van der Waals surface area contributed by atoms with Crippen LogP contribution < -0.4 is 4.74 Å². The van der Waals surface area contributed by atoms with Crippen LogP contribution in [0.25, 0.3) is 0 Å². The fourth-order valence-electron chi connectivity index (χ4n) is 1.45. The topological polar surface area (TPSA) is 53.3 Å². The van der Waals surface area contributed by atoms with E-state index in [-0.39, 0.29) is 25.5 Å². The van der Waals surface area contributed by atoms with E-state index in [1.165, 1.54) is 11.9 Å². The Bertz CT molecular complexity index is 546. The van der Waals surface area contributed by atoms with Crippen molar-refractivity contribution in [2.75, 3.05) is 20.2 Å². The third-order valence-electron chi connectivity index (χ3n) is 2.62. The molecule has 0 bridgehead atoms. The van der Waals surface area contributed by atoms with Crippen LogP contribution in [0.1, 0.15) is 12.8 Å². The standard InChI is InChI=1S/C13H12F4N2O2/c1-19(5-2-4-18)10(20)3-6-21-13-11(16)8(14)7-9(15)12(13)17/h7H,2-3,5-6H2,1H3. The third kappa shape index (κ3) is 4.34. The maximum absolute atomic E-state index is 13.3. The first kappa shape index (κ1) is 16.8. The maximum atomic E-state index is 13.3. The monoisotopic (exact) mass is 304 g/mol. The predicted molar refractivity (Wildman–Crippen MR) is 64.3 cm³/mol. The lowest BCUT2D eigenvalue weighted by molar-refractivity contribution is -0.130. The van der Waals surface area contributed by atoms with Gasteiger partial charge in [-0.2, -0.15) is 14.0 Å². The summed E-state index contributed by atoms with van der Waals surface area (Å²) in [4.78, 5) is 12.8. The van der Waals surface area contributed by atoms with E-state index in [0.29, 0.717) is 0 Å². The Kier molecular flexibility index (Phi) is 5.96. The summed E-state index contributed by atoms with van der Waals surface area (Å²) in [7, 11) is 1.45. The fourth-order valence-corrected chi connectivity index (χ4v) is 1.45. The smallest absolute Gasteiger partial charge is 0.225 e. The number of benzene rings is 1. The Morgan fingerprint density at radius 3 is 2.38 bits per heavy atom. The van der Waals surface area contributed by atoms with Crippen molar-refractivity contribution in [3.63, 3.8) is 0 Å². The molecule has 0 spiro atoms. The molecule has 114 valence electrons. The van der Waals surface area contributed by atoms with Crippen molar-refractivity contribution >= 4 is 5.91 Å². The zero-order valence-electron chi connectivity index (χ0n) is 11.1. The predicted octanol–water partition coefficient (Wildman–Crippen LogP) is 2.38. The number of amides is 1. The van der Waals surface area contributed by atoms with Crippen LogP contribution in [-0.2, 0) is 4.79 Å². The highest BCUT2D eigenvalue weighted by molar-refractivity contribution is 5.75. The summed E-state index contributed by atoms with van der Waals surface area (Å²) in [5.41, 5.74) is 0. The second-order valence-electron chi connectivity index (χ2n) is 4.12. The number of halogens is 4. The van der Waals surface area contributed by atoms with Crippen LogP contribution in [0.15, 0.2) is 6.07 Å². The molecule has 0 N–H and O–H groups in total. The van der Waals surface area contributed by atoms with Gasteiger partial charge in [-0.1, -0.05) is 0 Å². The molecule has 0 unspecified atom stereocenters. The lowest BCUT2D eigenvalue weighted by atomic mass is 10.3. The van der Waals surface area contributed by atoms with Crippen LogP contribution in [0.2, 0.25) is 0 Å². The first-order chi connectivity index (χ1) is 9.88. The number of carbonyl (C=O) groups is 1. The lowest BCUT2D eigenvalue weighted by Crippen LogP contribution is -2.28. The van der Waals surface area contributed by atoms with Crippen molar-refractivity contribution < 1.29 is 27.1 Å². The summed E-state index contributed by atoms with van der Waals surface area (Å²) < 4.78 is 56.9. The Labute approximate surface area is 118 Å². The minimum Gasteiger partial charge on any atom is -0.487 e. The SMILES string of the molecule is CN(CCC#N)C(=O)CCOc1c(F)c(F)cc(F)c1F. The largest absolute Gasteiger partial charge is 0.487 e. The van der Waals surface area contributed by atoms with Gasteiger partial charge >= 0.3 is 0 Å². The molecule has 0 radical (unpaired) electrons. The average molecular weight is 304 g/mol. The van der Waals surface area contributed by atoms with E-state index in [4.69, 9.17) is 5.26 Å². The molecule has 1 aromatic rings. The molecule has 0 aliphatic carbocycles. The summed E-state index contributed by atoms with van der Waals surface area (Å²) in [6.07, 6.45) is -0.111. The van der Waals surface area contributed by atoms with E-state index < -0.39 is 41.5 Å². The van der Waals surface area contributed by atoms with E-state index in [9.17, 15) is 22.4 Å². The number of hydrogen-bond acceptors (Lipinski definition) is 3. The van der Waals surface area contributed by atoms with Crippen molar-refractivity contribution in [1.29, 1.82) is 5.26 Å². The minimum atomic E-state index is -1.65. The number of nitrogens with zero attached hydrogens (tertiary/aromatic N) is 2. The molecule has 0 fully saturated rings. The highest BCUT2D eigenvalue weighted by Crippen LogP contribution is 2.26. The van der Waals surface area contributed by atoms with Crippen molar-refractivity contribution in [2.45, 2.75) is 12.8 Å². The Balaban J connectivity index is 2.61. The summed E-state index contributed by atoms with van der Waals surface area (Å²) in [6, 6.07) is 1.92. The Morgan fingerprint density at radius 1 is 1.29 bits per heavy atom. The van der Waals surface area contributed by atoms with Crippen LogP contribution in [0.4, 0.5) is 17.6 Å². The molecule has 0 saturated heterocycles. The molecule has 4 nitrogen and oxygen atoms in total. The number of hydrogen-bond donors (Lipinski definition) is 0. The molecule has 0 heterocycles. The molecule has 0 aliphatic heterocycles. The highest BCUT2D eigenvalue weighted by atomic mass is 19.2. The first-order valence-corrected chi connectivity index (χ1v) is 5.95. The average Bonchev–Trinajstić information content (AvgIpc) is 2.45. The number of nitriles is 1. The van der Waals surface area contributed by atoms with Crippen LogP contribution in [-0.4, -0.2) is 31.0 Å². The highest BCUT2D eigenvalue weighted by Gasteiger charge is 2.21. The molecule has 21 heavy (non-hydrogen) atoms. The third-order valence-corrected chi connectivity index (χ3v) is 2.62. The number of ether oxygens (including phenoxy) is 1. The van der Waals surface area contributed by atoms with Gasteiger partial charge in [0.05, 0.1) is 25.5 Å². The number of carbonyl (C=O) groups excluding carboxylic acids is 1. The van der Waals surface area contributed by atoms with Crippen LogP contribution in [0.3, 0.4) is 0 Å². The van der Waals surface area contributed by atoms with E-state index in [1.54, 1.807) is 0 Å². The summed E-state index contributed by atoms with van der Waals surface area (Å²) in [5.74, 6) is -8.09. The van der Waals surface area contributed by atoms with Gasteiger partial charge in [0.25, 0.3) is 0 Å². The van der Waals surface area contributed by atoms with Gasteiger partial charge in [0.2, 0.25) is 17.5 Å². The molecule has 0 aromatic heterocycles. The van der Waals surface area contributed by atoms with Gasteiger partial charge in [0, 0.05) is 19.7 Å². The van der Waals surface area contributed by atoms with E-state index in [1.807, 2.05) is 6.07 Å². The van der Waals surface area contributed by atoms with E-state index >= 15 is 0 Å². The molecule has 0 aliphatic rings. The summed E-state index contributed by atoms with van der Waals surface area (Å²) >= 11 is 0. The molecule has 8 heteroatoms. The molecule has 1 amide bonds. The molecule has 1 rings (SSSR count). The lowest BCUT2D eigenvalue weighted by Gasteiger charge is -2.15. The first-order valence-electron chi connectivity index (χ1n) is 5.95. The fraction of sp³-hybridized carbons (Fsp3) is 0.385. The quantitative estimate of drug-likeness (QED) is 0.599. The van der Waals surface area contributed by atoms with Crippen molar-refractivity contribution in [3.05, 3.63) is 29.3 Å². The second kappa shape index (κ2) is 7.47. The second-order valence-corrected chi connectivity index (χ2v) is 4.12. The van der Waals surface area contributed by atoms with Crippen molar-refractivity contribution in [2.24, 2.45) is 0 Å². The van der Waals surface area contributed by atoms with Crippen LogP contribution >= 0.6 is 0 Å². The molecule has 0 atom stereocenters. The minimum absolute atomic E-state index is 0.0678. The van der Waals surface area contributed by atoms with Gasteiger partial charge in [0.1, 0.15) is 0 Å². The molecular weight excluding hydrogens is 292 g/mol. The zero-order chi connectivity index (χ0) is 16.0. The van der Waals surface area contributed by atoms with Crippen LogP contribution in [0.5, 0.6) is 5.75 Å². The van der Waals surface area contributed by atoms with Gasteiger partial charge in [-0.05, 0) is 0 Å². The molecule has 1 aromatic carbocycles. The Morgan fingerprint density at radius 2 is 1.86 bits per heavy atom. The summed E-state index contributed by atoms with van der Waals surface area (Å²) in [6.45, 7) is -0.251. The van der Waals surface area contributed by atoms with E-state index in [0.717, 1.165) is 0 Å². The van der Waals surface area contributed by atoms with E-state index in [2.05, 4.69) is 4.74 Å². The van der Waals surface area contributed by atoms with Gasteiger partial charge in [-0.25, -0.2) is 8.78 Å². The van der Waals surface area contributed by atoms with Gasteiger partial charge < -0.3 is 9.64 Å². The van der Waals surface area contributed by atoms with Gasteiger partial charge in [-0.3, -0.25) is 4.79 Å². The Hall–Kier alpha value is -2.30. The molecule has 0 saturated carbocycles. The van der Waals surface area contributed by atoms with Crippen molar-refractivity contribution in [3.8, 4) is 11.8 Å². The molecular formula is C13H12F4N2O2.